The van der Waals surface area contributed by atoms with E-state index in [1.54, 1.807) is 11.0 Å². The van der Waals surface area contributed by atoms with E-state index in [0.717, 1.165) is 17.7 Å². The molecule has 0 spiro atoms. The van der Waals surface area contributed by atoms with Gasteiger partial charge in [-0.15, -0.1) is 0 Å². The molecule has 2 N–H and O–H groups in total. The summed E-state index contributed by atoms with van der Waals surface area (Å²) < 4.78 is 0. The predicted molar refractivity (Wildman–Crippen MR) is 83.3 cm³/mol. The van der Waals surface area contributed by atoms with Crippen LogP contribution in [0, 0.1) is 0 Å². The average molecular weight is 285 g/mol. The lowest BCUT2D eigenvalue weighted by Gasteiger charge is -2.42. The van der Waals surface area contributed by atoms with E-state index < -0.39 is 0 Å². The highest BCUT2D eigenvalue weighted by Gasteiger charge is 2.44. The quantitative estimate of drug-likeness (QED) is 0.741. The number of nitrogens with two attached hydrogens (primary N) is 1. The molecular weight excluding hydrogens is 270 g/mol. The maximum Gasteiger partial charge on any atom is 0.277 e. The van der Waals surface area contributed by atoms with Gasteiger partial charge in [-0.05, 0) is 44.1 Å². The molecule has 5 heteroatoms. The van der Waals surface area contributed by atoms with Gasteiger partial charge in [-0.3, -0.25) is 4.79 Å². The second kappa shape index (κ2) is 4.24. The summed E-state index contributed by atoms with van der Waals surface area (Å²) in [5.74, 6) is -0.132. The molecule has 0 radical (unpaired) electrons. The van der Waals surface area contributed by atoms with Gasteiger partial charge in [0.1, 0.15) is 5.71 Å². The average Bonchev–Trinajstić information content (AvgIpc) is 2.67. The Kier molecular flexibility index (Phi) is 2.76. The third-order valence-corrected chi connectivity index (χ3v) is 3.78. The number of carbonyl (C=O) groups is 1. The molecule has 0 aromatic heterocycles. The molecule has 4 nitrogen and oxygen atoms in total. The van der Waals surface area contributed by atoms with E-state index in [2.05, 4.69) is 24.9 Å². The lowest BCUT2D eigenvalue weighted by atomic mass is 9.84. The molecule has 3 rings (SSSR count). The number of nitrogens with zero attached hydrogens (tertiary/aromatic N) is 2. The highest BCUT2D eigenvalue weighted by Crippen LogP contribution is 2.40. The van der Waals surface area contributed by atoms with Gasteiger partial charge in [0.25, 0.3) is 5.91 Å². The van der Waals surface area contributed by atoms with Crippen molar-refractivity contribution in [2.24, 2.45) is 10.7 Å². The van der Waals surface area contributed by atoms with E-state index in [-0.39, 0.29) is 16.6 Å². The van der Waals surface area contributed by atoms with Gasteiger partial charge in [0, 0.05) is 11.1 Å². The summed E-state index contributed by atoms with van der Waals surface area (Å²) in [6, 6.07) is 8.12. The molecule has 0 fully saturated rings. The second-order valence-corrected chi connectivity index (χ2v) is 6.07. The van der Waals surface area contributed by atoms with Gasteiger partial charge in [-0.1, -0.05) is 24.3 Å². The van der Waals surface area contributed by atoms with Crippen LogP contribution in [0.3, 0.4) is 0 Å². The standard InChI is InChI=1S/C15H15N3OS/c1-15(2)8-9-5-3-4-6-10(9)12-7-11(17-14(16)20)13(19)18(12)15/h3-7H,8H2,1-2H3,(H2,16,20)/b17-11+. The van der Waals surface area contributed by atoms with Crippen molar-refractivity contribution in [3.8, 4) is 0 Å². The van der Waals surface area contributed by atoms with Crippen LogP contribution in [0.2, 0.25) is 0 Å². The number of fused-ring (bicyclic) bond motifs is 3. The molecule has 102 valence electrons. The number of aliphatic imine (C=N–C) groups is 1. The first kappa shape index (κ1) is 13.0. The summed E-state index contributed by atoms with van der Waals surface area (Å²) in [7, 11) is 0. The third-order valence-electron chi connectivity index (χ3n) is 3.69. The van der Waals surface area contributed by atoms with E-state index >= 15 is 0 Å². The molecule has 2 heterocycles. The maximum atomic E-state index is 12.5. The zero-order valence-corrected chi connectivity index (χ0v) is 12.2. The highest BCUT2D eigenvalue weighted by molar-refractivity contribution is 7.80. The second-order valence-electron chi connectivity index (χ2n) is 5.65. The molecule has 0 aliphatic carbocycles. The van der Waals surface area contributed by atoms with E-state index in [1.165, 1.54) is 5.56 Å². The first-order valence-corrected chi connectivity index (χ1v) is 6.84. The Morgan fingerprint density at radius 3 is 2.80 bits per heavy atom. The summed E-state index contributed by atoms with van der Waals surface area (Å²) in [6.07, 6.45) is 2.59. The Labute approximate surface area is 123 Å². The molecule has 0 atom stereocenters. The van der Waals surface area contributed by atoms with Crippen LogP contribution >= 0.6 is 12.2 Å². The van der Waals surface area contributed by atoms with Crippen molar-refractivity contribution in [3.05, 3.63) is 41.5 Å². The van der Waals surface area contributed by atoms with Crippen LogP contribution in [-0.4, -0.2) is 27.2 Å². The number of thiocarbonyl (C=S) groups is 1. The van der Waals surface area contributed by atoms with E-state index in [1.807, 2.05) is 18.2 Å². The lowest BCUT2D eigenvalue weighted by Crippen LogP contribution is -2.49. The van der Waals surface area contributed by atoms with Crippen LogP contribution in [0.1, 0.15) is 25.0 Å². The number of hydrogen-bond acceptors (Lipinski definition) is 2. The minimum Gasteiger partial charge on any atom is -0.374 e. The Bertz CT molecular complexity index is 688. The first-order chi connectivity index (χ1) is 9.40. The van der Waals surface area contributed by atoms with Crippen LogP contribution in [-0.2, 0) is 11.2 Å². The van der Waals surface area contributed by atoms with Gasteiger partial charge in [-0.25, -0.2) is 4.99 Å². The zero-order chi connectivity index (χ0) is 14.5. The summed E-state index contributed by atoms with van der Waals surface area (Å²) in [6.45, 7) is 4.11. The minimum atomic E-state index is -0.287. The van der Waals surface area contributed by atoms with Crippen LogP contribution in [0.5, 0.6) is 0 Å². The van der Waals surface area contributed by atoms with Crippen molar-refractivity contribution in [3.63, 3.8) is 0 Å². The predicted octanol–water partition coefficient (Wildman–Crippen LogP) is 1.89. The molecule has 20 heavy (non-hydrogen) atoms. The summed E-state index contributed by atoms with van der Waals surface area (Å²) >= 11 is 4.78. The van der Waals surface area contributed by atoms with Crippen molar-refractivity contribution < 1.29 is 4.79 Å². The molecule has 1 aromatic rings. The van der Waals surface area contributed by atoms with Crippen LogP contribution in [0.4, 0.5) is 0 Å². The van der Waals surface area contributed by atoms with Crippen LogP contribution < -0.4 is 5.73 Å². The van der Waals surface area contributed by atoms with E-state index in [0.29, 0.717) is 5.71 Å². The largest absolute Gasteiger partial charge is 0.374 e. The molecule has 0 unspecified atom stereocenters. The third kappa shape index (κ3) is 1.86. The normalized spacial score (nSPS) is 21.5. The summed E-state index contributed by atoms with van der Waals surface area (Å²) in [4.78, 5) is 18.3. The van der Waals surface area contributed by atoms with E-state index in [9.17, 15) is 4.79 Å². The molecule has 2 aliphatic rings. The van der Waals surface area contributed by atoms with Gasteiger partial charge in [0.2, 0.25) is 0 Å². The zero-order valence-electron chi connectivity index (χ0n) is 11.4. The molecular formula is C15H15N3OS. The lowest BCUT2D eigenvalue weighted by molar-refractivity contribution is -0.124. The molecule has 0 bridgehead atoms. The Morgan fingerprint density at radius 2 is 2.10 bits per heavy atom. The Morgan fingerprint density at radius 1 is 1.40 bits per heavy atom. The van der Waals surface area contributed by atoms with Crippen molar-refractivity contribution in [2.45, 2.75) is 25.8 Å². The fourth-order valence-corrected chi connectivity index (χ4v) is 3.05. The fourth-order valence-electron chi connectivity index (χ4n) is 2.95. The number of hydrogen-bond donors (Lipinski definition) is 1. The number of carbonyl (C=O) groups excluding carboxylic acids is 1. The minimum absolute atomic E-state index is 0.0175. The topological polar surface area (TPSA) is 58.7 Å². The molecule has 1 amide bonds. The smallest absolute Gasteiger partial charge is 0.277 e. The maximum absolute atomic E-state index is 12.5. The number of rotatable bonds is 0. The summed E-state index contributed by atoms with van der Waals surface area (Å²) in [5.41, 5.74) is 8.66. The first-order valence-electron chi connectivity index (χ1n) is 6.43. The Hall–Kier alpha value is -2.01. The Balaban J connectivity index is 2.20. The van der Waals surface area contributed by atoms with Gasteiger partial charge >= 0.3 is 0 Å². The van der Waals surface area contributed by atoms with Crippen molar-refractivity contribution in [2.75, 3.05) is 0 Å². The summed E-state index contributed by atoms with van der Waals surface area (Å²) in [5, 5.41) is -0.0175. The molecule has 0 saturated carbocycles. The monoisotopic (exact) mass is 285 g/mol. The van der Waals surface area contributed by atoms with Gasteiger partial charge in [-0.2, -0.15) is 0 Å². The van der Waals surface area contributed by atoms with Crippen molar-refractivity contribution in [1.29, 1.82) is 0 Å². The fraction of sp³-hybridized carbons (Fsp3) is 0.267. The van der Waals surface area contributed by atoms with Crippen molar-refractivity contribution in [1.82, 2.24) is 4.90 Å². The molecule has 1 aromatic carbocycles. The molecule has 0 saturated heterocycles. The van der Waals surface area contributed by atoms with Crippen molar-refractivity contribution >= 4 is 34.6 Å². The number of amides is 1. The van der Waals surface area contributed by atoms with Crippen LogP contribution in [0.25, 0.3) is 5.70 Å². The van der Waals surface area contributed by atoms with Gasteiger partial charge < -0.3 is 10.6 Å². The molecule has 2 aliphatic heterocycles. The van der Waals surface area contributed by atoms with Gasteiger partial charge in [0.15, 0.2) is 5.11 Å². The van der Waals surface area contributed by atoms with E-state index in [4.69, 9.17) is 18.0 Å². The number of benzene rings is 1. The SMILES string of the molecule is CC1(C)Cc2ccccc2C2=C/C(=N\C(N)=S)C(=O)N21. The highest BCUT2D eigenvalue weighted by atomic mass is 32.1. The van der Waals surface area contributed by atoms with Gasteiger partial charge in [0.05, 0.1) is 5.70 Å². The van der Waals surface area contributed by atoms with Crippen LogP contribution in [0.15, 0.2) is 35.3 Å².